The lowest BCUT2D eigenvalue weighted by atomic mass is 9.69. The molecule has 1 unspecified atom stereocenters. The number of amides is 1. The molecular weight excluding hydrogens is 381 g/mol. The number of ketones is 1. The fraction of sp³-hybridized carbons (Fsp3) is 0.292. The molecule has 4 rings (SSSR count). The number of carbonyl (C=O) groups is 2. The van der Waals surface area contributed by atoms with Crippen molar-refractivity contribution < 1.29 is 14.0 Å². The lowest BCUT2D eigenvalue weighted by Crippen LogP contribution is -2.39. The van der Waals surface area contributed by atoms with Crippen LogP contribution in [0.1, 0.15) is 45.2 Å². The summed E-state index contributed by atoms with van der Waals surface area (Å²) in [6.07, 6.45) is 2.76. The van der Waals surface area contributed by atoms with E-state index in [1.54, 1.807) is 24.4 Å². The number of nitrogens with zero attached hydrogens (tertiary/aromatic N) is 1. The fourth-order valence-electron chi connectivity index (χ4n) is 4.33. The van der Waals surface area contributed by atoms with Crippen molar-refractivity contribution in [3.05, 3.63) is 82.7 Å². The van der Waals surface area contributed by atoms with Crippen LogP contribution in [-0.4, -0.2) is 16.7 Å². The molecule has 2 N–H and O–H groups in total. The first-order valence-corrected chi connectivity index (χ1v) is 9.98. The lowest BCUT2D eigenvalue weighted by Gasteiger charge is -2.39. The van der Waals surface area contributed by atoms with Gasteiger partial charge in [0.25, 0.3) is 5.91 Å². The Morgan fingerprint density at radius 3 is 2.60 bits per heavy atom. The number of carbonyl (C=O) groups excluding carboxylic acids is 2. The van der Waals surface area contributed by atoms with E-state index < -0.39 is 17.6 Å². The summed E-state index contributed by atoms with van der Waals surface area (Å²) in [4.78, 5) is 30.9. The highest BCUT2D eigenvalue weighted by Crippen LogP contribution is 2.46. The number of allylic oxidation sites excluding steroid dienone is 3. The molecule has 5 nitrogen and oxygen atoms in total. The van der Waals surface area contributed by atoms with E-state index in [0.29, 0.717) is 35.4 Å². The van der Waals surface area contributed by atoms with E-state index in [2.05, 4.69) is 29.5 Å². The molecular formula is C24H24FN3O2. The zero-order chi connectivity index (χ0) is 21.5. The second kappa shape index (κ2) is 7.52. The molecule has 0 saturated heterocycles. The monoisotopic (exact) mass is 405 g/mol. The van der Waals surface area contributed by atoms with E-state index in [9.17, 15) is 14.0 Å². The minimum Gasteiger partial charge on any atom is -0.362 e. The molecule has 1 aliphatic carbocycles. The summed E-state index contributed by atoms with van der Waals surface area (Å²) >= 11 is 0. The molecule has 1 aromatic carbocycles. The first-order chi connectivity index (χ1) is 14.3. The number of aromatic nitrogens is 1. The predicted octanol–water partition coefficient (Wildman–Crippen LogP) is 4.46. The maximum absolute atomic E-state index is 14.1. The number of benzene rings is 1. The third-order valence-corrected chi connectivity index (χ3v) is 5.59. The Morgan fingerprint density at radius 1 is 1.17 bits per heavy atom. The maximum atomic E-state index is 14.1. The van der Waals surface area contributed by atoms with Gasteiger partial charge in [-0.1, -0.05) is 32.0 Å². The molecule has 1 amide bonds. The first kappa shape index (κ1) is 20.0. The zero-order valence-electron chi connectivity index (χ0n) is 17.3. The van der Waals surface area contributed by atoms with Crippen LogP contribution in [0.2, 0.25) is 0 Å². The van der Waals surface area contributed by atoms with Gasteiger partial charge in [-0.3, -0.25) is 14.6 Å². The second-order valence-corrected chi connectivity index (χ2v) is 8.62. The average Bonchev–Trinajstić information content (AvgIpc) is 2.68. The quantitative estimate of drug-likeness (QED) is 0.791. The first-order valence-electron chi connectivity index (χ1n) is 9.98. The summed E-state index contributed by atoms with van der Waals surface area (Å²) in [6.45, 7) is 5.93. The summed E-state index contributed by atoms with van der Waals surface area (Å²) in [7, 11) is 0. The van der Waals surface area contributed by atoms with Crippen LogP contribution in [0.4, 0.5) is 10.1 Å². The van der Waals surface area contributed by atoms with Gasteiger partial charge in [-0.05, 0) is 43.0 Å². The topological polar surface area (TPSA) is 71.1 Å². The number of hydrogen-bond donors (Lipinski definition) is 2. The maximum Gasteiger partial charge on any atom is 0.254 e. The number of halogens is 1. The van der Waals surface area contributed by atoms with Crippen molar-refractivity contribution in [2.45, 2.75) is 39.5 Å². The number of Topliss-reactive ketones (excluding diaryl/α,β-unsaturated/α-hetero) is 1. The van der Waals surface area contributed by atoms with Crippen LogP contribution in [0.3, 0.4) is 0 Å². The smallest absolute Gasteiger partial charge is 0.254 e. The molecule has 0 saturated carbocycles. The summed E-state index contributed by atoms with van der Waals surface area (Å²) < 4.78 is 14.1. The highest BCUT2D eigenvalue weighted by molar-refractivity contribution is 6.09. The van der Waals surface area contributed by atoms with Crippen LogP contribution in [0.15, 0.2) is 71.2 Å². The van der Waals surface area contributed by atoms with Crippen LogP contribution in [0.5, 0.6) is 0 Å². The molecule has 30 heavy (non-hydrogen) atoms. The van der Waals surface area contributed by atoms with Crippen LogP contribution >= 0.6 is 0 Å². The third kappa shape index (κ3) is 3.65. The molecule has 1 aliphatic heterocycles. The molecule has 2 aromatic rings. The molecule has 154 valence electrons. The predicted molar refractivity (Wildman–Crippen MR) is 113 cm³/mol. The number of hydrogen-bond acceptors (Lipinski definition) is 4. The molecule has 2 heterocycles. The van der Waals surface area contributed by atoms with Crippen LogP contribution in [0, 0.1) is 11.2 Å². The van der Waals surface area contributed by atoms with Gasteiger partial charge in [0.2, 0.25) is 0 Å². The fourth-order valence-corrected chi connectivity index (χ4v) is 4.33. The number of anilines is 1. The Hall–Kier alpha value is -3.28. The van der Waals surface area contributed by atoms with Crippen LogP contribution in [-0.2, 0) is 9.59 Å². The molecule has 0 radical (unpaired) electrons. The standard InChI is InChI=1S/C24H24FN3O2/c1-14-20(23(30)28-16-9-5-4-8-15(16)25)22(17-10-6-7-11-26-17)21-18(27-14)12-24(2,3)13-19(21)29/h4-11,22,27H,12-13H2,1-3H3,(H,28,30). The van der Waals surface area contributed by atoms with Crippen molar-refractivity contribution in [1.82, 2.24) is 10.3 Å². The summed E-state index contributed by atoms with van der Waals surface area (Å²) in [5.41, 5.74) is 3.00. The van der Waals surface area contributed by atoms with Crippen molar-refractivity contribution in [1.29, 1.82) is 0 Å². The van der Waals surface area contributed by atoms with E-state index >= 15 is 0 Å². The van der Waals surface area contributed by atoms with Gasteiger partial charge in [0.15, 0.2) is 5.78 Å². The minimum absolute atomic E-state index is 0.00750. The zero-order valence-corrected chi connectivity index (χ0v) is 17.3. The highest BCUT2D eigenvalue weighted by atomic mass is 19.1. The minimum atomic E-state index is -0.599. The van der Waals surface area contributed by atoms with Crippen molar-refractivity contribution in [3.63, 3.8) is 0 Å². The Morgan fingerprint density at radius 2 is 1.90 bits per heavy atom. The van der Waals surface area contributed by atoms with Gasteiger partial charge in [-0.2, -0.15) is 0 Å². The van der Waals surface area contributed by atoms with Crippen LogP contribution < -0.4 is 10.6 Å². The molecule has 0 fully saturated rings. The van der Waals surface area contributed by atoms with Gasteiger partial charge < -0.3 is 10.6 Å². The van der Waals surface area contributed by atoms with Crippen molar-refractivity contribution in [2.75, 3.05) is 5.32 Å². The molecule has 0 spiro atoms. The van der Waals surface area contributed by atoms with E-state index in [0.717, 1.165) is 5.70 Å². The average molecular weight is 405 g/mol. The molecule has 1 atom stereocenters. The number of rotatable bonds is 3. The number of nitrogens with one attached hydrogen (secondary N) is 2. The van der Waals surface area contributed by atoms with Crippen molar-refractivity contribution in [2.24, 2.45) is 5.41 Å². The Labute approximate surface area is 175 Å². The third-order valence-electron chi connectivity index (χ3n) is 5.59. The number of dihydropyridines is 1. The SMILES string of the molecule is CC1=C(C(=O)Nc2ccccc2F)C(c2ccccn2)C2=C(CC(C)(C)CC2=O)N1. The van der Waals surface area contributed by atoms with Gasteiger partial charge in [-0.15, -0.1) is 0 Å². The second-order valence-electron chi connectivity index (χ2n) is 8.62. The number of para-hydroxylation sites is 1. The van der Waals surface area contributed by atoms with Crippen molar-refractivity contribution >= 4 is 17.4 Å². The largest absolute Gasteiger partial charge is 0.362 e. The van der Waals surface area contributed by atoms with Crippen molar-refractivity contribution in [3.8, 4) is 0 Å². The molecule has 0 bridgehead atoms. The van der Waals surface area contributed by atoms with E-state index in [4.69, 9.17) is 0 Å². The van der Waals surface area contributed by atoms with Crippen LogP contribution in [0.25, 0.3) is 0 Å². The lowest BCUT2D eigenvalue weighted by molar-refractivity contribution is -0.118. The summed E-state index contributed by atoms with van der Waals surface area (Å²) in [5.74, 6) is -1.56. The van der Waals surface area contributed by atoms with Gasteiger partial charge in [0, 0.05) is 35.2 Å². The van der Waals surface area contributed by atoms with Gasteiger partial charge in [0.1, 0.15) is 5.82 Å². The normalized spacial score (nSPS) is 20.5. The van der Waals surface area contributed by atoms with Gasteiger partial charge >= 0.3 is 0 Å². The van der Waals surface area contributed by atoms with Gasteiger partial charge in [0.05, 0.1) is 17.3 Å². The number of pyridine rings is 1. The van der Waals surface area contributed by atoms with E-state index in [1.165, 1.54) is 12.1 Å². The Balaban J connectivity index is 1.80. The summed E-state index contributed by atoms with van der Waals surface area (Å²) in [5, 5.41) is 5.95. The van der Waals surface area contributed by atoms with E-state index in [-0.39, 0.29) is 16.9 Å². The molecule has 2 aliphatic rings. The highest BCUT2D eigenvalue weighted by Gasteiger charge is 2.43. The Bertz CT molecular complexity index is 1090. The molecule has 1 aromatic heterocycles. The van der Waals surface area contributed by atoms with E-state index in [1.807, 2.05) is 19.1 Å². The summed E-state index contributed by atoms with van der Waals surface area (Å²) in [6, 6.07) is 11.5. The molecule has 6 heteroatoms. The Kier molecular flexibility index (Phi) is 5.02. The van der Waals surface area contributed by atoms with Gasteiger partial charge in [-0.25, -0.2) is 4.39 Å².